The normalized spacial score (nSPS) is 12.0. The summed E-state index contributed by atoms with van der Waals surface area (Å²) in [6, 6.07) is 17.6. The van der Waals surface area contributed by atoms with Crippen LogP contribution >= 0.6 is 0 Å². The molecule has 0 amide bonds. The average Bonchev–Trinajstić information content (AvgIpc) is 3.45. The van der Waals surface area contributed by atoms with Crippen LogP contribution in [0.5, 0.6) is 11.5 Å². The second kappa shape index (κ2) is 14.1. The van der Waals surface area contributed by atoms with Crippen LogP contribution in [0.25, 0.3) is 0 Å². The molecule has 1 aromatic heterocycles. The van der Waals surface area contributed by atoms with Crippen LogP contribution in [0.2, 0.25) is 0 Å². The van der Waals surface area contributed by atoms with Gasteiger partial charge in [0.15, 0.2) is 0 Å². The van der Waals surface area contributed by atoms with Crippen molar-refractivity contribution in [1.29, 1.82) is 0 Å². The first kappa shape index (κ1) is 29.2. The number of anilines is 6. The highest BCUT2D eigenvalue weighted by molar-refractivity contribution is 5.80. The number of hydrogen-bond donors (Lipinski definition) is 6. The predicted octanol–water partition coefficient (Wildman–Crippen LogP) is 6.32. The molecule has 43 heavy (non-hydrogen) atoms. The van der Waals surface area contributed by atoms with Gasteiger partial charge in [0.05, 0.1) is 25.0 Å². The van der Waals surface area contributed by atoms with E-state index in [2.05, 4.69) is 49.0 Å². The molecular formula is C34H40N7O2+. The third-order valence-corrected chi connectivity index (χ3v) is 7.22. The summed E-state index contributed by atoms with van der Waals surface area (Å²) in [5.74, 6) is 0.0175. The molecule has 0 radical (unpaired) electrons. The summed E-state index contributed by atoms with van der Waals surface area (Å²) in [5.41, 5.74) is 8.20. The first-order chi connectivity index (χ1) is 20.9. The van der Waals surface area contributed by atoms with Gasteiger partial charge in [-0.05, 0) is 80.1 Å². The van der Waals surface area contributed by atoms with Gasteiger partial charge in [0.2, 0.25) is 6.33 Å². The van der Waals surface area contributed by atoms with Crippen LogP contribution in [-0.4, -0.2) is 39.3 Å². The standard InChI is InChI=1S/C34H39N7O2/c1-26-33(42)31(37-29-12-8-27(9-13-29)35-16-6-20-40-18-4-3-5-19-40)24-32(34(26)43)38-30-14-10-28(11-15-30)36-17-7-21-41-23-22-39(2)25-41/h3-4,8-15,18-19,22-25,35-38H,6-7,16-17,20-21H2,1-2H3,(H-,42,43)/p+1. The average molecular weight is 579 g/mol. The summed E-state index contributed by atoms with van der Waals surface area (Å²) in [7, 11) is 2.02. The molecule has 9 nitrogen and oxygen atoms in total. The van der Waals surface area contributed by atoms with E-state index in [1.165, 1.54) is 0 Å². The van der Waals surface area contributed by atoms with E-state index in [1.807, 2.05) is 90.9 Å². The lowest BCUT2D eigenvalue weighted by Crippen LogP contribution is -2.23. The highest BCUT2D eigenvalue weighted by Crippen LogP contribution is 2.42. The van der Waals surface area contributed by atoms with E-state index in [-0.39, 0.29) is 11.5 Å². The molecule has 1 aliphatic heterocycles. The molecule has 6 N–H and O–H groups in total. The molecule has 222 valence electrons. The number of nitrogens with zero attached hydrogens (tertiary/aromatic N) is 3. The van der Waals surface area contributed by atoms with Crippen LogP contribution in [0.1, 0.15) is 18.4 Å². The Kier molecular flexibility index (Phi) is 9.56. The van der Waals surface area contributed by atoms with Crippen molar-refractivity contribution in [2.45, 2.75) is 26.3 Å². The maximum atomic E-state index is 10.8. The monoisotopic (exact) mass is 578 g/mol. The second-order valence-electron chi connectivity index (χ2n) is 10.6. The number of phenols is 2. The number of nitrogens with one attached hydrogen (secondary N) is 4. The van der Waals surface area contributed by atoms with E-state index in [4.69, 9.17) is 0 Å². The van der Waals surface area contributed by atoms with Gasteiger partial charge in [0, 0.05) is 66.8 Å². The van der Waals surface area contributed by atoms with Gasteiger partial charge in [-0.15, -0.1) is 5.73 Å². The van der Waals surface area contributed by atoms with Gasteiger partial charge < -0.3 is 36.4 Å². The minimum atomic E-state index is 0.00845. The Bertz CT molecular complexity index is 1600. The van der Waals surface area contributed by atoms with Crippen LogP contribution in [0.15, 0.2) is 104 Å². The number of benzene rings is 3. The third kappa shape index (κ3) is 8.15. The quantitative estimate of drug-likeness (QED) is 0.0342. The molecule has 0 aliphatic carbocycles. The highest BCUT2D eigenvalue weighted by atomic mass is 16.3. The number of aromatic hydroxyl groups is 2. The summed E-state index contributed by atoms with van der Waals surface area (Å²) in [6.07, 6.45) is 16.1. The maximum Gasteiger partial charge on any atom is 0.243 e. The van der Waals surface area contributed by atoms with Crippen molar-refractivity contribution >= 4 is 34.1 Å². The Hall–Kier alpha value is -5.27. The number of allylic oxidation sites excluding steroid dienone is 2. The Morgan fingerprint density at radius 2 is 1.35 bits per heavy atom. The number of rotatable bonds is 14. The fourth-order valence-corrected chi connectivity index (χ4v) is 4.79. The van der Waals surface area contributed by atoms with Gasteiger partial charge in [-0.2, -0.15) is 0 Å². The maximum absolute atomic E-state index is 10.8. The predicted molar refractivity (Wildman–Crippen MR) is 174 cm³/mol. The van der Waals surface area contributed by atoms with Crippen LogP contribution in [-0.2, 0) is 13.6 Å². The lowest BCUT2D eigenvalue weighted by Gasteiger charge is -2.17. The Morgan fingerprint density at radius 3 is 1.86 bits per heavy atom. The molecule has 0 bridgehead atoms. The van der Waals surface area contributed by atoms with E-state index in [0.29, 0.717) is 16.9 Å². The van der Waals surface area contributed by atoms with E-state index >= 15 is 0 Å². The van der Waals surface area contributed by atoms with E-state index < -0.39 is 0 Å². The molecule has 0 saturated carbocycles. The SMILES string of the molecule is Cc1c(O)c(Nc2ccc(NCCCN3C=C=CC=C3)cc2)cc(Nc2ccc(NCCCn3cc[n+](C)c3)cc2)c1O. The van der Waals surface area contributed by atoms with Gasteiger partial charge in [-0.1, -0.05) is 0 Å². The van der Waals surface area contributed by atoms with Gasteiger partial charge in [0.25, 0.3) is 0 Å². The molecule has 0 fully saturated rings. The zero-order valence-electron chi connectivity index (χ0n) is 24.7. The topological polar surface area (TPSA) is 101 Å². The Balaban J connectivity index is 1.13. The summed E-state index contributed by atoms with van der Waals surface area (Å²) in [6.45, 7) is 5.30. The van der Waals surface area contributed by atoms with Crippen molar-refractivity contribution in [2.24, 2.45) is 7.05 Å². The number of hydrogen-bond acceptors (Lipinski definition) is 7. The lowest BCUT2D eigenvalue weighted by molar-refractivity contribution is -0.671. The van der Waals surface area contributed by atoms with Crippen molar-refractivity contribution in [3.05, 3.63) is 109 Å². The van der Waals surface area contributed by atoms with E-state index in [1.54, 1.807) is 13.0 Å². The van der Waals surface area contributed by atoms with Crippen LogP contribution in [0.4, 0.5) is 34.1 Å². The first-order valence-electron chi connectivity index (χ1n) is 14.6. The van der Waals surface area contributed by atoms with Crippen molar-refractivity contribution < 1.29 is 14.8 Å². The molecular weight excluding hydrogens is 538 g/mol. The van der Waals surface area contributed by atoms with Gasteiger partial charge in [-0.25, -0.2) is 9.13 Å². The van der Waals surface area contributed by atoms with Crippen LogP contribution < -0.4 is 25.8 Å². The number of phenolic OH excluding ortho intramolecular Hbond substituents is 2. The Morgan fingerprint density at radius 1 is 0.791 bits per heavy atom. The van der Waals surface area contributed by atoms with E-state index in [0.717, 1.165) is 61.8 Å². The third-order valence-electron chi connectivity index (χ3n) is 7.22. The smallest absolute Gasteiger partial charge is 0.243 e. The zero-order chi connectivity index (χ0) is 30.0. The molecule has 9 heteroatoms. The van der Waals surface area contributed by atoms with E-state index in [9.17, 15) is 10.2 Å². The molecule has 0 unspecified atom stereocenters. The summed E-state index contributed by atoms with van der Waals surface area (Å²) in [4.78, 5) is 2.12. The van der Waals surface area contributed by atoms with Crippen molar-refractivity contribution in [1.82, 2.24) is 9.47 Å². The second-order valence-corrected chi connectivity index (χ2v) is 10.6. The summed E-state index contributed by atoms with van der Waals surface area (Å²) >= 11 is 0. The fraction of sp³-hybridized carbons (Fsp3) is 0.235. The minimum absolute atomic E-state index is 0.00845. The molecule has 0 saturated heterocycles. The van der Waals surface area contributed by atoms with Gasteiger partial charge >= 0.3 is 0 Å². The zero-order valence-corrected chi connectivity index (χ0v) is 24.7. The van der Waals surface area contributed by atoms with Crippen LogP contribution in [0.3, 0.4) is 0 Å². The Labute approximate surface area is 253 Å². The minimum Gasteiger partial charge on any atom is -0.505 e. The van der Waals surface area contributed by atoms with Gasteiger partial charge in [-0.3, -0.25) is 0 Å². The molecule has 2 heterocycles. The summed E-state index contributed by atoms with van der Waals surface area (Å²) < 4.78 is 4.21. The fourth-order valence-electron chi connectivity index (χ4n) is 4.79. The van der Waals surface area contributed by atoms with Gasteiger partial charge in [0.1, 0.15) is 23.9 Å². The first-order valence-corrected chi connectivity index (χ1v) is 14.6. The molecule has 1 aliphatic rings. The molecule has 3 aromatic carbocycles. The van der Waals surface area contributed by atoms with Crippen molar-refractivity contribution in [2.75, 3.05) is 40.9 Å². The molecule has 0 spiro atoms. The number of aryl methyl sites for hydroxylation is 2. The van der Waals surface area contributed by atoms with Crippen molar-refractivity contribution in [3.8, 4) is 11.5 Å². The number of aromatic nitrogens is 2. The van der Waals surface area contributed by atoms with Crippen molar-refractivity contribution in [3.63, 3.8) is 0 Å². The largest absolute Gasteiger partial charge is 0.505 e. The lowest BCUT2D eigenvalue weighted by atomic mass is 10.1. The van der Waals surface area contributed by atoms with Crippen LogP contribution in [0, 0.1) is 6.92 Å². The molecule has 5 rings (SSSR count). The molecule has 4 aromatic rings. The number of imidazole rings is 1. The molecule has 0 atom stereocenters. The highest BCUT2D eigenvalue weighted by Gasteiger charge is 2.15. The summed E-state index contributed by atoms with van der Waals surface area (Å²) in [5, 5.41) is 35.0.